The summed E-state index contributed by atoms with van der Waals surface area (Å²) in [5.41, 5.74) is 0.634. The molecule has 5 nitrogen and oxygen atoms in total. The van der Waals surface area contributed by atoms with Gasteiger partial charge >= 0.3 is 0 Å². The molecule has 0 atom stereocenters. The average Bonchev–Trinajstić information content (AvgIpc) is 2.86. The molecule has 1 heterocycles. The largest absolute Gasteiger partial charge is 0.411 e. The van der Waals surface area contributed by atoms with E-state index in [0.29, 0.717) is 5.71 Å². The second kappa shape index (κ2) is 6.93. The van der Waals surface area contributed by atoms with E-state index in [4.69, 9.17) is 21.3 Å². The third-order valence-corrected chi connectivity index (χ3v) is 4.19. The highest BCUT2D eigenvalue weighted by Gasteiger charge is 2.25. The fourth-order valence-electron chi connectivity index (χ4n) is 1.78. The van der Waals surface area contributed by atoms with Gasteiger partial charge in [0.05, 0.1) is 21.9 Å². The molecule has 116 valence electrons. The molecule has 1 aromatic carbocycles. The number of carbonyl (C=O) groups excluding carboxylic acids is 1. The van der Waals surface area contributed by atoms with Crippen LogP contribution in [0.5, 0.6) is 0 Å². The van der Waals surface area contributed by atoms with Gasteiger partial charge in [-0.25, -0.2) is 4.39 Å². The van der Waals surface area contributed by atoms with Crippen LogP contribution in [0.15, 0.2) is 27.9 Å². The molecule has 0 saturated heterocycles. The number of aromatic nitrogens is 1. The molecule has 0 aliphatic heterocycles. The molecule has 8 heteroatoms. The van der Waals surface area contributed by atoms with E-state index < -0.39 is 5.82 Å². The summed E-state index contributed by atoms with van der Waals surface area (Å²) in [6.07, 6.45) is 0. The number of rotatable bonds is 4. The quantitative estimate of drug-likeness (QED) is 0.513. The molecule has 0 radical (unpaired) electrons. The number of nitrogens with zero attached hydrogens (tertiary/aromatic N) is 2. The molecule has 0 bridgehead atoms. The van der Waals surface area contributed by atoms with Crippen LogP contribution in [0.25, 0.3) is 11.3 Å². The second-order valence-corrected chi connectivity index (χ2v) is 5.83. The van der Waals surface area contributed by atoms with Crippen molar-refractivity contribution in [2.24, 2.45) is 5.16 Å². The summed E-state index contributed by atoms with van der Waals surface area (Å²) in [5.74, 6) is -0.122. The molecule has 2 rings (SSSR count). The maximum atomic E-state index is 14.0. The van der Waals surface area contributed by atoms with Crippen LogP contribution in [0.2, 0.25) is 5.02 Å². The monoisotopic (exact) mass is 342 g/mol. The maximum Gasteiger partial charge on any atom is 0.225 e. The van der Waals surface area contributed by atoms with Gasteiger partial charge in [-0.05, 0) is 26.0 Å². The van der Waals surface area contributed by atoms with E-state index >= 15 is 0 Å². The molecule has 22 heavy (non-hydrogen) atoms. The summed E-state index contributed by atoms with van der Waals surface area (Å²) in [4.78, 5) is 12.3. The third kappa shape index (κ3) is 3.31. The van der Waals surface area contributed by atoms with Gasteiger partial charge in [0.1, 0.15) is 17.3 Å². The second-order valence-electron chi connectivity index (χ2n) is 4.47. The van der Waals surface area contributed by atoms with E-state index in [9.17, 15) is 9.18 Å². The van der Waals surface area contributed by atoms with Gasteiger partial charge in [0, 0.05) is 5.75 Å². The van der Waals surface area contributed by atoms with E-state index in [0.717, 1.165) is 11.8 Å². The highest BCUT2D eigenvalue weighted by atomic mass is 35.5. The number of hydrogen-bond donors (Lipinski definition) is 1. The number of thioether (sulfide) groups is 1. The van der Waals surface area contributed by atoms with Crippen molar-refractivity contribution >= 4 is 34.2 Å². The Morgan fingerprint density at radius 2 is 2.27 bits per heavy atom. The molecule has 1 aromatic heterocycles. The first-order valence-electron chi connectivity index (χ1n) is 6.21. The molecular weight excluding hydrogens is 331 g/mol. The molecule has 1 N–H and O–H groups in total. The van der Waals surface area contributed by atoms with Crippen LogP contribution in [-0.4, -0.2) is 26.9 Å². The van der Waals surface area contributed by atoms with Crippen molar-refractivity contribution in [1.82, 2.24) is 5.16 Å². The van der Waals surface area contributed by atoms with Gasteiger partial charge in [-0.1, -0.05) is 39.7 Å². The van der Waals surface area contributed by atoms with Crippen molar-refractivity contribution in [1.29, 1.82) is 0 Å². The summed E-state index contributed by atoms with van der Waals surface area (Å²) in [5, 5.41) is 15.1. The molecular formula is C14H12ClFN2O3S. The Bertz CT molecular complexity index is 725. The standard InChI is InChI=1S/C14H12ClFN2O3S/c1-7(17-20)6-22-14(19)11-8(2)21-18-13(11)12-9(15)4-3-5-10(12)16/h3-5,20H,6H2,1-2H3. The molecule has 0 unspecified atom stereocenters. The molecule has 0 spiro atoms. The SMILES string of the molecule is CC(CSC(=O)c1c(-c2c(F)cccc2Cl)noc1C)=NO. The van der Waals surface area contributed by atoms with Crippen molar-refractivity contribution in [3.63, 3.8) is 0 Å². The Morgan fingerprint density at radius 3 is 2.91 bits per heavy atom. The minimum atomic E-state index is -0.590. The Morgan fingerprint density at radius 1 is 1.55 bits per heavy atom. The number of oxime groups is 1. The first kappa shape index (κ1) is 16.5. The third-order valence-electron chi connectivity index (χ3n) is 2.85. The lowest BCUT2D eigenvalue weighted by atomic mass is 10.1. The van der Waals surface area contributed by atoms with E-state index in [1.807, 2.05) is 0 Å². The van der Waals surface area contributed by atoms with E-state index in [-0.39, 0.29) is 38.5 Å². The van der Waals surface area contributed by atoms with E-state index in [1.54, 1.807) is 13.8 Å². The van der Waals surface area contributed by atoms with Crippen molar-refractivity contribution < 1.29 is 18.9 Å². The number of halogens is 2. The van der Waals surface area contributed by atoms with Gasteiger partial charge in [0.2, 0.25) is 5.12 Å². The van der Waals surface area contributed by atoms with Crippen molar-refractivity contribution in [2.45, 2.75) is 13.8 Å². The summed E-state index contributed by atoms with van der Waals surface area (Å²) < 4.78 is 19.0. The number of aryl methyl sites for hydroxylation is 1. The highest BCUT2D eigenvalue weighted by molar-refractivity contribution is 8.14. The molecule has 2 aromatic rings. The number of benzene rings is 1. The molecule has 0 fully saturated rings. The van der Waals surface area contributed by atoms with E-state index in [2.05, 4.69) is 10.3 Å². The zero-order valence-corrected chi connectivity index (χ0v) is 13.3. The fraction of sp³-hybridized carbons (Fsp3) is 0.214. The van der Waals surface area contributed by atoms with Gasteiger partial charge < -0.3 is 9.73 Å². The predicted molar refractivity (Wildman–Crippen MR) is 83.3 cm³/mol. The van der Waals surface area contributed by atoms with Crippen LogP contribution >= 0.6 is 23.4 Å². The summed E-state index contributed by atoms with van der Waals surface area (Å²) in [6, 6.07) is 4.20. The van der Waals surface area contributed by atoms with Gasteiger partial charge in [-0.15, -0.1) is 0 Å². The zero-order chi connectivity index (χ0) is 16.3. The molecule has 0 saturated carbocycles. The average molecular weight is 343 g/mol. The van der Waals surface area contributed by atoms with Crippen LogP contribution in [0, 0.1) is 12.7 Å². The smallest absolute Gasteiger partial charge is 0.225 e. The fourth-order valence-corrected chi connectivity index (χ4v) is 2.81. The minimum Gasteiger partial charge on any atom is -0.411 e. The Hall–Kier alpha value is -1.86. The lowest BCUT2D eigenvalue weighted by molar-refractivity contribution is 0.108. The number of hydrogen-bond acceptors (Lipinski definition) is 6. The van der Waals surface area contributed by atoms with Gasteiger partial charge in [-0.3, -0.25) is 4.79 Å². The van der Waals surface area contributed by atoms with Gasteiger partial charge in [-0.2, -0.15) is 0 Å². The first-order valence-corrected chi connectivity index (χ1v) is 7.57. The Balaban J connectivity index is 2.42. The minimum absolute atomic E-state index is 0.0255. The topological polar surface area (TPSA) is 75.7 Å². The molecule has 0 aliphatic rings. The van der Waals surface area contributed by atoms with Crippen LogP contribution < -0.4 is 0 Å². The number of carbonyl (C=O) groups is 1. The van der Waals surface area contributed by atoms with Crippen LogP contribution in [0.4, 0.5) is 4.39 Å². The zero-order valence-electron chi connectivity index (χ0n) is 11.8. The van der Waals surface area contributed by atoms with Crippen molar-refractivity contribution in [3.05, 3.63) is 40.4 Å². The molecule has 0 aliphatic carbocycles. The first-order chi connectivity index (χ1) is 10.5. The van der Waals surface area contributed by atoms with Crippen LogP contribution in [0.3, 0.4) is 0 Å². The van der Waals surface area contributed by atoms with Crippen LogP contribution in [-0.2, 0) is 0 Å². The van der Waals surface area contributed by atoms with E-state index in [1.165, 1.54) is 18.2 Å². The summed E-state index contributed by atoms with van der Waals surface area (Å²) in [7, 11) is 0. The van der Waals surface area contributed by atoms with Crippen molar-refractivity contribution in [3.8, 4) is 11.3 Å². The Kier molecular flexibility index (Phi) is 5.20. The summed E-state index contributed by atoms with van der Waals surface area (Å²) >= 11 is 6.91. The highest BCUT2D eigenvalue weighted by Crippen LogP contribution is 2.35. The lowest BCUT2D eigenvalue weighted by Gasteiger charge is -2.05. The normalized spacial score (nSPS) is 11.7. The lowest BCUT2D eigenvalue weighted by Crippen LogP contribution is -2.03. The van der Waals surface area contributed by atoms with Gasteiger partial charge in [0.25, 0.3) is 0 Å². The Labute approximate surface area is 135 Å². The summed E-state index contributed by atoms with van der Waals surface area (Å²) in [6.45, 7) is 3.14. The van der Waals surface area contributed by atoms with Crippen molar-refractivity contribution in [2.75, 3.05) is 5.75 Å². The van der Waals surface area contributed by atoms with Gasteiger partial charge in [0.15, 0.2) is 0 Å². The molecule has 0 amide bonds. The van der Waals surface area contributed by atoms with Crippen LogP contribution in [0.1, 0.15) is 23.0 Å². The maximum absolute atomic E-state index is 14.0. The predicted octanol–water partition coefficient (Wildman–Crippen LogP) is 4.17.